The Bertz CT molecular complexity index is 227. The summed E-state index contributed by atoms with van der Waals surface area (Å²) in [5.74, 6) is 1.82. The largest absolute Gasteiger partial charge is 0.314 e. The zero-order valence-electron chi connectivity index (χ0n) is 11.9. The van der Waals surface area contributed by atoms with Gasteiger partial charge in [-0.3, -0.25) is 4.90 Å². The van der Waals surface area contributed by atoms with Gasteiger partial charge in [0.1, 0.15) is 0 Å². The van der Waals surface area contributed by atoms with E-state index in [9.17, 15) is 0 Å². The van der Waals surface area contributed by atoms with Crippen LogP contribution in [0.1, 0.15) is 52.9 Å². The Balaban J connectivity index is 1.80. The molecule has 1 aliphatic carbocycles. The summed E-state index contributed by atoms with van der Waals surface area (Å²) < 4.78 is 0. The van der Waals surface area contributed by atoms with Gasteiger partial charge in [-0.2, -0.15) is 0 Å². The molecule has 0 amide bonds. The van der Waals surface area contributed by atoms with Gasteiger partial charge in [0.25, 0.3) is 0 Å². The molecule has 1 aliphatic heterocycles. The quantitative estimate of drug-likeness (QED) is 0.810. The lowest BCUT2D eigenvalue weighted by molar-refractivity contribution is 0.103. The lowest BCUT2D eigenvalue weighted by Crippen LogP contribution is -2.46. The fraction of sp³-hybridized carbons (Fsp3) is 1.00. The Kier molecular flexibility index (Phi) is 4.87. The van der Waals surface area contributed by atoms with Gasteiger partial charge in [-0.05, 0) is 50.6 Å². The van der Waals surface area contributed by atoms with E-state index in [4.69, 9.17) is 0 Å². The minimum atomic E-state index is 0.635. The minimum Gasteiger partial charge on any atom is -0.314 e. The van der Waals surface area contributed by atoms with Crippen LogP contribution in [-0.2, 0) is 0 Å². The van der Waals surface area contributed by atoms with Gasteiger partial charge in [0.15, 0.2) is 0 Å². The van der Waals surface area contributed by atoms with Gasteiger partial charge in [0.2, 0.25) is 0 Å². The van der Waals surface area contributed by atoms with Crippen molar-refractivity contribution in [2.75, 3.05) is 19.6 Å². The summed E-state index contributed by atoms with van der Waals surface area (Å²) in [5, 5.41) is 3.61. The van der Waals surface area contributed by atoms with Crippen LogP contribution in [0.2, 0.25) is 0 Å². The molecule has 2 rings (SSSR count). The fourth-order valence-corrected chi connectivity index (χ4v) is 3.64. The molecule has 2 fully saturated rings. The van der Waals surface area contributed by atoms with Gasteiger partial charge >= 0.3 is 0 Å². The zero-order valence-corrected chi connectivity index (χ0v) is 11.9. The number of rotatable bonds is 4. The predicted molar refractivity (Wildman–Crippen MR) is 74.2 cm³/mol. The van der Waals surface area contributed by atoms with Gasteiger partial charge in [-0.15, -0.1) is 0 Å². The maximum Gasteiger partial charge on any atom is 0.0121 e. The summed E-state index contributed by atoms with van der Waals surface area (Å²) in [4.78, 5) is 2.80. The molecule has 2 heteroatoms. The summed E-state index contributed by atoms with van der Waals surface area (Å²) in [6.07, 6.45) is 7.20. The standard InChI is InChI=1S/C15H30N2/c1-12(2)16-10-14-7-5-9-17(11-14)15-8-4-6-13(15)3/h12-16H,4-11H2,1-3H3. The molecule has 0 aromatic heterocycles. The highest BCUT2D eigenvalue weighted by molar-refractivity contribution is 4.86. The molecule has 1 N–H and O–H groups in total. The van der Waals surface area contributed by atoms with Crippen LogP contribution in [0.5, 0.6) is 0 Å². The highest BCUT2D eigenvalue weighted by atomic mass is 15.2. The molecule has 0 bridgehead atoms. The average Bonchev–Trinajstić information content (AvgIpc) is 2.73. The van der Waals surface area contributed by atoms with Crippen molar-refractivity contribution >= 4 is 0 Å². The number of nitrogens with one attached hydrogen (secondary N) is 1. The highest BCUT2D eigenvalue weighted by Crippen LogP contribution is 2.32. The maximum absolute atomic E-state index is 3.61. The van der Waals surface area contributed by atoms with Crippen LogP contribution in [-0.4, -0.2) is 36.6 Å². The number of likely N-dealkylation sites (tertiary alicyclic amines) is 1. The lowest BCUT2D eigenvalue weighted by Gasteiger charge is -2.39. The van der Waals surface area contributed by atoms with Gasteiger partial charge < -0.3 is 5.32 Å². The monoisotopic (exact) mass is 238 g/mol. The molecule has 1 saturated carbocycles. The van der Waals surface area contributed by atoms with E-state index in [1.54, 1.807) is 0 Å². The first kappa shape index (κ1) is 13.4. The molecule has 0 aromatic rings. The van der Waals surface area contributed by atoms with E-state index in [-0.39, 0.29) is 0 Å². The number of piperidine rings is 1. The van der Waals surface area contributed by atoms with Crippen molar-refractivity contribution < 1.29 is 0 Å². The van der Waals surface area contributed by atoms with Gasteiger partial charge in [-0.25, -0.2) is 0 Å². The van der Waals surface area contributed by atoms with Crippen LogP contribution in [0.4, 0.5) is 0 Å². The normalized spacial score (nSPS) is 35.6. The fourth-order valence-electron chi connectivity index (χ4n) is 3.64. The van der Waals surface area contributed by atoms with Crippen LogP contribution in [0.25, 0.3) is 0 Å². The lowest BCUT2D eigenvalue weighted by atomic mass is 9.94. The summed E-state index contributed by atoms with van der Waals surface area (Å²) >= 11 is 0. The summed E-state index contributed by atoms with van der Waals surface area (Å²) in [7, 11) is 0. The van der Waals surface area contributed by atoms with E-state index in [1.807, 2.05) is 0 Å². The zero-order chi connectivity index (χ0) is 12.3. The molecule has 17 heavy (non-hydrogen) atoms. The van der Waals surface area contributed by atoms with Crippen LogP contribution < -0.4 is 5.32 Å². The van der Waals surface area contributed by atoms with Crippen molar-refractivity contribution in [2.24, 2.45) is 11.8 Å². The predicted octanol–water partition coefficient (Wildman–Crippen LogP) is 2.89. The molecule has 2 aliphatic rings. The van der Waals surface area contributed by atoms with Crippen LogP contribution in [0.15, 0.2) is 0 Å². The second kappa shape index (κ2) is 6.19. The third-order valence-corrected chi connectivity index (χ3v) is 4.65. The number of hydrogen-bond donors (Lipinski definition) is 1. The van der Waals surface area contributed by atoms with Crippen molar-refractivity contribution in [3.63, 3.8) is 0 Å². The van der Waals surface area contributed by atoms with Crippen molar-refractivity contribution in [3.8, 4) is 0 Å². The van der Waals surface area contributed by atoms with Gasteiger partial charge in [0, 0.05) is 18.6 Å². The van der Waals surface area contributed by atoms with E-state index < -0.39 is 0 Å². The Morgan fingerprint density at radius 2 is 2.00 bits per heavy atom. The van der Waals surface area contributed by atoms with Crippen molar-refractivity contribution in [1.82, 2.24) is 10.2 Å². The molecule has 0 aromatic carbocycles. The molecule has 100 valence electrons. The SMILES string of the molecule is CC(C)NCC1CCCN(C2CCCC2C)C1. The Morgan fingerprint density at radius 1 is 1.18 bits per heavy atom. The number of nitrogens with zero attached hydrogens (tertiary/aromatic N) is 1. The smallest absolute Gasteiger partial charge is 0.0121 e. The first-order chi connectivity index (χ1) is 8.16. The Labute approximate surface area is 107 Å². The van der Waals surface area contributed by atoms with E-state index in [1.165, 1.54) is 51.7 Å². The molecule has 0 spiro atoms. The minimum absolute atomic E-state index is 0.635. The number of hydrogen-bond acceptors (Lipinski definition) is 2. The third-order valence-electron chi connectivity index (χ3n) is 4.65. The molecular formula is C15H30N2. The first-order valence-corrected chi connectivity index (χ1v) is 7.64. The summed E-state index contributed by atoms with van der Waals surface area (Å²) in [5.41, 5.74) is 0. The van der Waals surface area contributed by atoms with Crippen LogP contribution >= 0.6 is 0 Å². The molecule has 3 unspecified atom stereocenters. The molecule has 0 radical (unpaired) electrons. The van der Waals surface area contributed by atoms with Crippen molar-refractivity contribution in [2.45, 2.75) is 65.0 Å². The molecule has 1 saturated heterocycles. The van der Waals surface area contributed by atoms with E-state index >= 15 is 0 Å². The Morgan fingerprint density at radius 3 is 2.65 bits per heavy atom. The second-order valence-electron chi connectivity index (χ2n) is 6.54. The van der Waals surface area contributed by atoms with Gasteiger partial charge in [0.05, 0.1) is 0 Å². The van der Waals surface area contributed by atoms with Crippen molar-refractivity contribution in [3.05, 3.63) is 0 Å². The van der Waals surface area contributed by atoms with E-state index in [0.717, 1.165) is 17.9 Å². The molecule has 2 nitrogen and oxygen atoms in total. The van der Waals surface area contributed by atoms with Gasteiger partial charge in [-0.1, -0.05) is 27.2 Å². The van der Waals surface area contributed by atoms with E-state index in [0.29, 0.717) is 6.04 Å². The first-order valence-electron chi connectivity index (χ1n) is 7.64. The topological polar surface area (TPSA) is 15.3 Å². The average molecular weight is 238 g/mol. The van der Waals surface area contributed by atoms with Crippen LogP contribution in [0.3, 0.4) is 0 Å². The molecule has 1 heterocycles. The second-order valence-corrected chi connectivity index (χ2v) is 6.54. The summed E-state index contributed by atoms with van der Waals surface area (Å²) in [6.45, 7) is 10.9. The Hall–Kier alpha value is -0.0800. The molecule has 3 atom stereocenters. The van der Waals surface area contributed by atoms with Crippen LogP contribution in [0, 0.1) is 11.8 Å². The third kappa shape index (κ3) is 3.69. The molecular weight excluding hydrogens is 208 g/mol. The highest BCUT2D eigenvalue weighted by Gasteiger charge is 2.31. The van der Waals surface area contributed by atoms with E-state index in [2.05, 4.69) is 31.0 Å². The maximum atomic E-state index is 3.61. The van der Waals surface area contributed by atoms with Crippen molar-refractivity contribution in [1.29, 1.82) is 0 Å². The summed E-state index contributed by atoms with van der Waals surface area (Å²) in [6, 6.07) is 1.53.